The van der Waals surface area contributed by atoms with Crippen LogP contribution in [0.3, 0.4) is 0 Å². The number of anilines is 1. The molecule has 2 aromatic carbocycles. The van der Waals surface area contributed by atoms with Gasteiger partial charge in [0.25, 0.3) is 0 Å². The van der Waals surface area contributed by atoms with Gasteiger partial charge in [0, 0.05) is 18.1 Å². The zero-order valence-corrected chi connectivity index (χ0v) is 13.6. The molecule has 120 valence electrons. The molecular formula is C18H15ClN4O. The second-order valence-electron chi connectivity index (χ2n) is 5.43. The number of halogens is 1. The molecule has 6 heteroatoms. The van der Waals surface area contributed by atoms with Crippen molar-refractivity contribution in [3.8, 4) is 5.69 Å². The van der Waals surface area contributed by atoms with Crippen molar-refractivity contribution in [3.05, 3.63) is 72.8 Å². The van der Waals surface area contributed by atoms with E-state index < -0.39 is 0 Å². The smallest absolute Gasteiger partial charge is 0.128 e. The minimum absolute atomic E-state index is 0.425. The second-order valence-corrected chi connectivity index (χ2v) is 5.86. The first-order valence-corrected chi connectivity index (χ1v) is 7.97. The molecule has 1 aromatic heterocycles. The molecule has 4 rings (SSSR count). The number of hydroxylamine groups is 1. The van der Waals surface area contributed by atoms with E-state index in [4.69, 9.17) is 16.4 Å². The highest BCUT2D eigenvalue weighted by atomic mass is 35.5. The van der Waals surface area contributed by atoms with E-state index in [1.807, 2.05) is 59.3 Å². The Kier molecular flexibility index (Phi) is 4.02. The third-order valence-corrected chi connectivity index (χ3v) is 3.98. The molecule has 1 aliphatic rings. The van der Waals surface area contributed by atoms with Crippen LogP contribution in [0, 0.1) is 0 Å². The van der Waals surface area contributed by atoms with Crippen molar-refractivity contribution in [2.24, 2.45) is 4.99 Å². The van der Waals surface area contributed by atoms with E-state index in [2.05, 4.69) is 9.98 Å². The summed E-state index contributed by atoms with van der Waals surface area (Å²) in [6.45, 7) is 0.897. The van der Waals surface area contributed by atoms with Gasteiger partial charge in [-0.15, -0.1) is 0 Å². The summed E-state index contributed by atoms with van der Waals surface area (Å²) in [4.78, 5) is 14.5. The molecule has 5 nitrogen and oxygen atoms in total. The lowest BCUT2D eigenvalue weighted by Gasteiger charge is -2.28. The molecule has 0 fully saturated rings. The van der Waals surface area contributed by atoms with Gasteiger partial charge in [0.1, 0.15) is 5.17 Å². The largest absolute Gasteiger partial charge is 0.306 e. The van der Waals surface area contributed by atoms with Gasteiger partial charge in [-0.1, -0.05) is 41.9 Å². The first kappa shape index (κ1) is 14.9. The fraction of sp³-hybridized carbons (Fsp3) is 0.111. The molecule has 0 unspecified atom stereocenters. The highest BCUT2D eigenvalue weighted by molar-refractivity contribution is 6.66. The molecule has 2 heterocycles. The number of aromatic nitrogens is 2. The number of benzene rings is 2. The first-order valence-electron chi connectivity index (χ1n) is 7.59. The molecule has 0 saturated heterocycles. The Hall–Kier alpha value is -2.63. The predicted molar refractivity (Wildman–Crippen MR) is 95.1 cm³/mol. The van der Waals surface area contributed by atoms with Gasteiger partial charge in [0.15, 0.2) is 0 Å². The second kappa shape index (κ2) is 6.47. The Morgan fingerprint density at radius 1 is 1.12 bits per heavy atom. The Bertz CT molecular complexity index is 862. The van der Waals surface area contributed by atoms with Crippen molar-refractivity contribution in [1.29, 1.82) is 0 Å². The number of imidazole rings is 1. The molecule has 0 radical (unpaired) electrons. The van der Waals surface area contributed by atoms with Gasteiger partial charge in [-0.2, -0.15) is 0 Å². The summed E-state index contributed by atoms with van der Waals surface area (Å²) in [6.07, 6.45) is 5.41. The first-order chi connectivity index (χ1) is 11.8. The zero-order chi connectivity index (χ0) is 16.4. The molecule has 0 N–H and O–H groups in total. The van der Waals surface area contributed by atoms with Gasteiger partial charge in [0.05, 0.1) is 30.9 Å². The van der Waals surface area contributed by atoms with E-state index in [0.717, 1.165) is 22.6 Å². The number of hydrogen-bond donors (Lipinski definition) is 0. The lowest BCUT2D eigenvalue weighted by atomic mass is 10.2. The van der Waals surface area contributed by atoms with Crippen LogP contribution in [-0.2, 0) is 11.4 Å². The van der Waals surface area contributed by atoms with Gasteiger partial charge in [-0.25, -0.2) is 15.0 Å². The standard InChI is InChI=1S/C18H15ClN4O/c19-18-11-23(24-12-14-4-2-1-3-5-14)17-10-15(6-7-16(17)21-18)22-9-8-20-13-22/h1-10,13H,11-12H2. The summed E-state index contributed by atoms with van der Waals surface area (Å²) in [5.74, 6) is 0. The van der Waals surface area contributed by atoms with Crippen LogP contribution < -0.4 is 5.06 Å². The lowest BCUT2D eigenvalue weighted by molar-refractivity contribution is 0.102. The van der Waals surface area contributed by atoms with Crippen molar-refractivity contribution in [2.75, 3.05) is 11.6 Å². The summed E-state index contributed by atoms with van der Waals surface area (Å²) < 4.78 is 1.94. The molecule has 0 aliphatic carbocycles. The summed E-state index contributed by atoms with van der Waals surface area (Å²) in [6, 6.07) is 16.0. The molecule has 1 aliphatic heterocycles. The van der Waals surface area contributed by atoms with Crippen LogP contribution in [0.25, 0.3) is 5.69 Å². The Labute approximate surface area is 144 Å². The highest BCUT2D eigenvalue weighted by Gasteiger charge is 2.20. The molecule has 0 bridgehead atoms. The van der Waals surface area contributed by atoms with E-state index in [1.54, 1.807) is 17.6 Å². The summed E-state index contributed by atoms with van der Waals surface area (Å²) in [5.41, 5.74) is 3.78. The number of aliphatic imine (C=N–C) groups is 1. The average molecular weight is 339 g/mol. The lowest BCUT2D eigenvalue weighted by Crippen LogP contribution is -2.30. The van der Waals surface area contributed by atoms with E-state index in [9.17, 15) is 0 Å². The number of rotatable bonds is 4. The topological polar surface area (TPSA) is 42.7 Å². The van der Waals surface area contributed by atoms with Crippen LogP contribution in [0.1, 0.15) is 5.56 Å². The maximum absolute atomic E-state index is 6.17. The number of hydrogen-bond acceptors (Lipinski definition) is 4. The fourth-order valence-electron chi connectivity index (χ4n) is 2.59. The number of nitrogens with zero attached hydrogens (tertiary/aromatic N) is 4. The van der Waals surface area contributed by atoms with Crippen LogP contribution in [0.5, 0.6) is 0 Å². The fourth-order valence-corrected chi connectivity index (χ4v) is 2.79. The molecule has 0 saturated carbocycles. The van der Waals surface area contributed by atoms with Gasteiger partial charge in [0.2, 0.25) is 0 Å². The molecule has 0 amide bonds. The Morgan fingerprint density at radius 3 is 2.79 bits per heavy atom. The third-order valence-electron chi connectivity index (χ3n) is 3.78. The average Bonchev–Trinajstić information content (AvgIpc) is 3.15. The van der Waals surface area contributed by atoms with Crippen LogP contribution in [-0.4, -0.2) is 21.3 Å². The van der Waals surface area contributed by atoms with E-state index in [-0.39, 0.29) is 0 Å². The third kappa shape index (κ3) is 3.04. The van der Waals surface area contributed by atoms with Gasteiger partial charge in [-0.05, 0) is 23.8 Å². The van der Waals surface area contributed by atoms with Crippen LogP contribution in [0.4, 0.5) is 11.4 Å². The highest BCUT2D eigenvalue weighted by Crippen LogP contribution is 2.35. The molecular weight excluding hydrogens is 324 g/mol. The van der Waals surface area contributed by atoms with E-state index >= 15 is 0 Å². The molecule has 0 spiro atoms. The van der Waals surface area contributed by atoms with E-state index in [0.29, 0.717) is 18.3 Å². The predicted octanol–water partition coefficient (Wildman–Crippen LogP) is 4.09. The van der Waals surface area contributed by atoms with Crippen molar-refractivity contribution in [2.45, 2.75) is 6.61 Å². The molecule has 24 heavy (non-hydrogen) atoms. The van der Waals surface area contributed by atoms with Crippen LogP contribution in [0.2, 0.25) is 0 Å². The summed E-state index contributed by atoms with van der Waals surface area (Å²) >= 11 is 6.17. The maximum atomic E-state index is 6.17. The summed E-state index contributed by atoms with van der Waals surface area (Å²) in [5, 5.41) is 2.30. The van der Waals surface area contributed by atoms with Gasteiger partial charge < -0.3 is 4.57 Å². The number of fused-ring (bicyclic) bond motifs is 1. The van der Waals surface area contributed by atoms with Crippen molar-refractivity contribution in [3.63, 3.8) is 0 Å². The molecule has 3 aromatic rings. The van der Waals surface area contributed by atoms with Crippen LogP contribution >= 0.6 is 11.6 Å². The minimum Gasteiger partial charge on any atom is -0.306 e. The SMILES string of the molecule is ClC1=Nc2ccc(-n3ccnc3)cc2N(OCc2ccccc2)C1. The zero-order valence-electron chi connectivity index (χ0n) is 12.8. The van der Waals surface area contributed by atoms with E-state index in [1.165, 1.54) is 0 Å². The molecule has 0 atom stereocenters. The normalized spacial score (nSPS) is 13.5. The monoisotopic (exact) mass is 338 g/mol. The summed E-state index contributed by atoms with van der Waals surface area (Å²) in [7, 11) is 0. The van der Waals surface area contributed by atoms with Gasteiger partial charge >= 0.3 is 0 Å². The Morgan fingerprint density at radius 2 is 2.00 bits per heavy atom. The van der Waals surface area contributed by atoms with Crippen molar-refractivity contribution < 1.29 is 4.84 Å². The quantitative estimate of drug-likeness (QED) is 0.719. The Balaban J connectivity index is 1.63. The minimum atomic E-state index is 0.425. The van der Waals surface area contributed by atoms with Gasteiger partial charge in [-0.3, -0.25) is 4.84 Å². The van der Waals surface area contributed by atoms with Crippen LogP contribution in [0.15, 0.2) is 72.2 Å². The van der Waals surface area contributed by atoms with Crippen molar-refractivity contribution >= 4 is 28.1 Å². The van der Waals surface area contributed by atoms with Crippen molar-refractivity contribution in [1.82, 2.24) is 9.55 Å². The maximum Gasteiger partial charge on any atom is 0.128 e.